The van der Waals surface area contributed by atoms with Crippen LogP contribution in [0.25, 0.3) is 0 Å². The zero-order valence-electron chi connectivity index (χ0n) is 57.9. The van der Waals surface area contributed by atoms with Crippen molar-refractivity contribution in [2.75, 3.05) is 13.2 Å². The van der Waals surface area contributed by atoms with Gasteiger partial charge < -0.3 is 20.3 Å². The second-order valence-corrected chi connectivity index (χ2v) is 27.0. The number of hydrogen-bond donors (Lipinski definition) is 3. The van der Waals surface area contributed by atoms with Crippen molar-refractivity contribution in [2.45, 2.75) is 456 Å². The summed E-state index contributed by atoms with van der Waals surface area (Å²) >= 11 is 0. The van der Waals surface area contributed by atoms with Crippen molar-refractivity contribution in [2.24, 2.45) is 0 Å². The molecule has 504 valence electrons. The lowest BCUT2D eigenvalue weighted by atomic mass is 10.0. The van der Waals surface area contributed by atoms with Gasteiger partial charge in [-0.1, -0.05) is 378 Å². The number of aliphatic hydroxyl groups is 2. The molecule has 0 aliphatic carbocycles. The summed E-state index contributed by atoms with van der Waals surface area (Å²) in [5.41, 5.74) is 0. The average molecular weight is 1200 g/mol. The molecule has 0 aromatic carbocycles. The van der Waals surface area contributed by atoms with Gasteiger partial charge in [0.2, 0.25) is 5.91 Å². The highest BCUT2D eigenvalue weighted by Gasteiger charge is 2.20. The highest BCUT2D eigenvalue weighted by atomic mass is 16.5. The number of rotatable bonds is 74. The predicted octanol–water partition coefficient (Wildman–Crippen LogP) is 25.7. The van der Waals surface area contributed by atoms with Crippen molar-refractivity contribution in [3.05, 3.63) is 24.3 Å². The van der Waals surface area contributed by atoms with Gasteiger partial charge in [0.1, 0.15) is 0 Å². The normalized spacial score (nSPS) is 12.6. The fourth-order valence-corrected chi connectivity index (χ4v) is 12.5. The molecule has 0 saturated heterocycles. The molecule has 6 nitrogen and oxygen atoms in total. The van der Waals surface area contributed by atoms with Crippen molar-refractivity contribution >= 4 is 11.9 Å². The number of nitrogens with one attached hydrogen (secondary N) is 1. The number of esters is 1. The maximum absolute atomic E-state index is 12.5. The van der Waals surface area contributed by atoms with Crippen molar-refractivity contribution < 1.29 is 24.5 Å². The van der Waals surface area contributed by atoms with E-state index in [0.717, 1.165) is 44.9 Å². The summed E-state index contributed by atoms with van der Waals surface area (Å²) in [6, 6.07) is -0.537. The first-order valence-electron chi connectivity index (χ1n) is 39.1. The molecule has 0 saturated carbocycles. The lowest BCUT2D eigenvalue weighted by molar-refractivity contribution is -0.143. The predicted molar refractivity (Wildman–Crippen MR) is 375 cm³/mol. The van der Waals surface area contributed by atoms with Gasteiger partial charge in [0.05, 0.1) is 25.4 Å². The summed E-state index contributed by atoms with van der Waals surface area (Å²) in [5, 5.41) is 23.3. The van der Waals surface area contributed by atoms with Crippen LogP contribution in [0.4, 0.5) is 0 Å². The molecular formula is C79H153NO5. The number of unbranched alkanes of at least 4 members (excludes halogenated alkanes) is 59. The van der Waals surface area contributed by atoms with E-state index in [9.17, 15) is 19.8 Å². The van der Waals surface area contributed by atoms with Gasteiger partial charge in [-0.25, -0.2) is 0 Å². The third-order valence-electron chi connectivity index (χ3n) is 18.5. The van der Waals surface area contributed by atoms with Crippen LogP contribution in [-0.4, -0.2) is 47.4 Å². The SMILES string of the molecule is CCCCCCCCC/C=C\CCCCCCCC(=O)OCCCCCCCCCCCCCCCCCCCC/C=C\CCCCCCCCCCCCCCCCCCCC(=O)NC(CO)C(O)CCCCCCCCCCCCCCC. The van der Waals surface area contributed by atoms with Crippen molar-refractivity contribution in [1.29, 1.82) is 0 Å². The molecule has 0 bridgehead atoms. The summed E-state index contributed by atoms with van der Waals surface area (Å²) in [5.74, 6) is -0.0122. The zero-order valence-corrected chi connectivity index (χ0v) is 57.9. The van der Waals surface area contributed by atoms with Crippen LogP contribution in [0, 0.1) is 0 Å². The second-order valence-electron chi connectivity index (χ2n) is 27.0. The van der Waals surface area contributed by atoms with Gasteiger partial charge in [0, 0.05) is 12.8 Å². The van der Waals surface area contributed by atoms with Gasteiger partial charge in [-0.2, -0.15) is 0 Å². The van der Waals surface area contributed by atoms with Gasteiger partial charge in [0.25, 0.3) is 0 Å². The molecule has 0 rings (SSSR count). The smallest absolute Gasteiger partial charge is 0.305 e. The summed E-state index contributed by atoms with van der Waals surface area (Å²) in [6.07, 6.45) is 95.7. The Bertz CT molecular complexity index is 1330. The van der Waals surface area contributed by atoms with Crippen molar-refractivity contribution in [3.8, 4) is 0 Å². The Hall–Kier alpha value is -1.66. The number of hydrogen-bond acceptors (Lipinski definition) is 5. The third kappa shape index (κ3) is 71.3. The number of allylic oxidation sites excluding steroid dienone is 4. The van der Waals surface area contributed by atoms with Crippen LogP contribution in [0.3, 0.4) is 0 Å². The molecule has 0 spiro atoms. The molecule has 0 radical (unpaired) electrons. The van der Waals surface area contributed by atoms with E-state index in [-0.39, 0.29) is 18.5 Å². The summed E-state index contributed by atoms with van der Waals surface area (Å²) in [7, 11) is 0. The number of carbonyl (C=O) groups is 2. The fourth-order valence-electron chi connectivity index (χ4n) is 12.5. The molecule has 1 amide bonds. The molecule has 0 aromatic rings. The van der Waals surface area contributed by atoms with E-state index in [4.69, 9.17) is 4.74 Å². The van der Waals surface area contributed by atoms with Crippen LogP contribution in [0.15, 0.2) is 24.3 Å². The average Bonchev–Trinajstić information content (AvgIpc) is 3.51. The van der Waals surface area contributed by atoms with Crippen LogP contribution < -0.4 is 5.32 Å². The molecule has 2 atom stereocenters. The van der Waals surface area contributed by atoms with Gasteiger partial charge in [0.15, 0.2) is 0 Å². The minimum Gasteiger partial charge on any atom is -0.466 e. The van der Waals surface area contributed by atoms with Gasteiger partial charge in [-0.15, -0.1) is 0 Å². The van der Waals surface area contributed by atoms with Gasteiger partial charge >= 0.3 is 5.97 Å². The summed E-state index contributed by atoms with van der Waals surface area (Å²) in [6.45, 7) is 4.98. The highest BCUT2D eigenvalue weighted by molar-refractivity contribution is 5.76. The van der Waals surface area contributed by atoms with Crippen LogP contribution in [0.1, 0.15) is 444 Å². The van der Waals surface area contributed by atoms with Crippen molar-refractivity contribution in [3.63, 3.8) is 0 Å². The van der Waals surface area contributed by atoms with E-state index in [1.807, 2.05) is 0 Å². The van der Waals surface area contributed by atoms with Crippen LogP contribution in [0.5, 0.6) is 0 Å². The number of aliphatic hydroxyl groups excluding tert-OH is 2. The summed E-state index contributed by atoms with van der Waals surface area (Å²) < 4.78 is 5.50. The Morgan fingerprint density at radius 3 is 0.835 bits per heavy atom. The van der Waals surface area contributed by atoms with E-state index < -0.39 is 12.1 Å². The molecule has 3 N–H and O–H groups in total. The zero-order chi connectivity index (χ0) is 61.3. The molecule has 2 unspecified atom stereocenters. The lowest BCUT2D eigenvalue weighted by Gasteiger charge is -2.22. The third-order valence-corrected chi connectivity index (χ3v) is 18.5. The standard InChI is InChI=1S/C79H153NO5/c1-3-5-7-9-11-13-15-17-18-45-49-53-57-61-65-69-73-79(84)85-74-70-66-62-58-54-50-46-43-41-39-37-35-33-31-29-27-25-23-21-19-20-22-24-26-28-30-32-34-36-38-40-42-44-48-52-56-60-64-68-72-78(83)80-76(75-81)77(82)71-67-63-59-55-51-47-16-14-12-10-8-6-4-2/h18-20,45,76-77,81-82H,3-17,21-44,46-75H2,1-2H3,(H,80,83)/b20-19-,45-18-. The molecule has 0 aliphatic heterocycles. The summed E-state index contributed by atoms with van der Waals surface area (Å²) in [4.78, 5) is 24.6. The minimum atomic E-state index is -0.660. The van der Waals surface area contributed by atoms with E-state index >= 15 is 0 Å². The minimum absolute atomic E-state index is 0.0159. The number of amides is 1. The van der Waals surface area contributed by atoms with E-state index in [0.29, 0.717) is 25.9 Å². The molecule has 0 heterocycles. The van der Waals surface area contributed by atoms with E-state index in [2.05, 4.69) is 43.5 Å². The number of ether oxygens (including phenoxy) is 1. The highest BCUT2D eigenvalue weighted by Crippen LogP contribution is 2.20. The Labute approximate surface area is 532 Å². The monoisotopic (exact) mass is 1200 g/mol. The molecule has 0 aromatic heterocycles. The van der Waals surface area contributed by atoms with Gasteiger partial charge in [-0.05, 0) is 77.0 Å². The Morgan fingerprint density at radius 2 is 0.553 bits per heavy atom. The molecule has 85 heavy (non-hydrogen) atoms. The number of carbonyl (C=O) groups excluding carboxylic acids is 2. The van der Waals surface area contributed by atoms with Crippen LogP contribution >= 0.6 is 0 Å². The van der Waals surface area contributed by atoms with Crippen LogP contribution in [-0.2, 0) is 14.3 Å². The van der Waals surface area contributed by atoms with E-state index in [1.54, 1.807) is 0 Å². The first-order valence-corrected chi connectivity index (χ1v) is 39.1. The Morgan fingerprint density at radius 1 is 0.318 bits per heavy atom. The topological polar surface area (TPSA) is 95.9 Å². The lowest BCUT2D eigenvalue weighted by Crippen LogP contribution is -2.45. The van der Waals surface area contributed by atoms with Crippen molar-refractivity contribution in [1.82, 2.24) is 5.32 Å². The molecule has 0 aliphatic rings. The first-order chi connectivity index (χ1) is 42.0. The largest absolute Gasteiger partial charge is 0.466 e. The second kappa shape index (κ2) is 74.8. The first kappa shape index (κ1) is 83.3. The van der Waals surface area contributed by atoms with Gasteiger partial charge in [-0.3, -0.25) is 9.59 Å². The van der Waals surface area contributed by atoms with E-state index in [1.165, 1.54) is 366 Å². The maximum atomic E-state index is 12.5. The maximum Gasteiger partial charge on any atom is 0.305 e. The fraction of sp³-hybridized carbons (Fsp3) is 0.924. The molecule has 0 fully saturated rings. The quantitative estimate of drug-likeness (QED) is 0.0320. The Kier molecular flexibility index (Phi) is 73.3. The Balaban J connectivity index is 3.30. The van der Waals surface area contributed by atoms with Crippen LogP contribution in [0.2, 0.25) is 0 Å². The molecule has 6 heteroatoms. The molecular weight excluding hydrogens is 1040 g/mol.